The Labute approximate surface area is 112 Å². The van der Waals surface area contributed by atoms with Crippen molar-refractivity contribution >= 4 is 6.08 Å². The molecule has 1 nitrogen and oxygen atoms in total. The monoisotopic (exact) mass is 246 g/mol. The lowest BCUT2D eigenvalue weighted by atomic mass is 10.1. The molecule has 1 heteroatoms. The van der Waals surface area contributed by atoms with Gasteiger partial charge in [-0.3, -0.25) is 0 Å². The second-order valence-corrected chi connectivity index (χ2v) is 4.69. The van der Waals surface area contributed by atoms with Gasteiger partial charge in [-0.25, -0.2) is 0 Å². The van der Waals surface area contributed by atoms with Crippen LogP contribution < -0.4 is 4.74 Å². The number of unbranched alkanes of at least 4 members (excludes halogenated alkanes) is 5. The van der Waals surface area contributed by atoms with E-state index >= 15 is 0 Å². The fourth-order valence-corrected chi connectivity index (χ4v) is 1.94. The van der Waals surface area contributed by atoms with E-state index in [2.05, 4.69) is 25.1 Å². The fourth-order valence-electron chi connectivity index (χ4n) is 1.94. The minimum absolute atomic E-state index is 0.842. The highest BCUT2D eigenvalue weighted by atomic mass is 16.5. The van der Waals surface area contributed by atoms with Crippen LogP contribution in [0, 0.1) is 0 Å². The molecule has 0 atom stereocenters. The average Bonchev–Trinajstić information content (AvgIpc) is 2.40. The Morgan fingerprint density at radius 3 is 2.28 bits per heavy atom. The summed E-state index contributed by atoms with van der Waals surface area (Å²) in [4.78, 5) is 0. The number of hydrogen-bond donors (Lipinski definition) is 0. The van der Waals surface area contributed by atoms with Crippen molar-refractivity contribution in [2.75, 3.05) is 6.61 Å². The number of rotatable bonds is 9. The minimum Gasteiger partial charge on any atom is -0.494 e. The third-order valence-corrected chi connectivity index (χ3v) is 3.01. The molecule has 0 heterocycles. The first-order valence-electron chi connectivity index (χ1n) is 7.22. The molecule has 0 saturated carbocycles. The molecule has 0 aliphatic rings. The quantitative estimate of drug-likeness (QED) is 0.526. The molecule has 1 aromatic rings. The zero-order valence-electron chi connectivity index (χ0n) is 11.8. The van der Waals surface area contributed by atoms with Crippen LogP contribution >= 0.6 is 0 Å². The summed E-state index contributed by atoms with van der Waals surface area (Å²) in [5, 5.41) is 0. The molecular formula is C17H26O. The van der Waals surface area contributed by atoms with Crippen LogP contribution in [0.5, 0.6) is 5.75 Å². The Hall–Kier alpha value is -1.24. The summed E-state index contributed by atoms with van der Waals surface area (Å²) in [7, 11) is 0. The Balaban J connectivity index is 2.11. The van der Waals surface area contributed by atoms with Gasteiger partial charge in [-0.15, -0.1) is 0 Å². The van der Waals surface area contributed by atoms with Gasteiger partial charge in [-0.1, -0.05) is 63.3 Å². The van der Waals surface area contributed by atoms with Gasteiger partial charge in [0.05, 0.1) is 6.61 Å². The van der Waals surface area contributed by atoms with E-state index < -0.39 is 0 Å². The number of ether oxygens (including phenoxy) is 1. The van der Waals surface area contributed by atoms with Crippen LogP contribution in [0.25, 0.3) is 6.08 Å². The van der Waals surface area contributed by atoms with E-state index in [1.807, 2.05) is 25.1 Å². The lowest BCUT2D eigenvalue weighted by molar-refractivity contribution is 0.304. The Bertz CT molecular complexity index is 324. The first kappa shape index (κ1) is 14.8. The summed E-state index contributed by atoms with van der Waals surface area (Å²) >= 11 is 0. The molecule has 1 aromatic carbocycles. The van der Waals surface area contributed by atoms with Gasteiger partial charge in [-0.2, -0.15) is 0 Å². The maximum atomic E-state index is 5.72. The molecule has 0 spiro atoms. The smallest absolute Gasteiger partial charge is 0.119 e. The van der Waals surface area contributed by atoms with Crippen molar-refractivity contribution in [1.82, 2.24) is 0 Å². The maximum Gasteiger partial charge on any atom is 0.119 e. The van der Waals surface area contributed by atoms with Crippen LogP contribution in [0.4, 0.5) is 0 Å². The molecule has 1 rings (SSSR count). The average molecular weight is 246 g/mol. The van der Waals surface area contributed by atoms with E-state index in [9.17, 15) is 0 Å². The van der Waals surface area contributed by atoms with Gasteiger partial charge in [0.15, 0.2) is 0 Å². The van der Waals surface area contributed by atoms with Crippen LogP contribution in [0.2, 0.25) is 0 Å². The summed E-state index contributed by atoms with van der Waals surface area (Å²) in [5.41, 5.74) is 1.23. The fraction of sp³-hybridized carbons (Fsp3) is 0.529. The summed E-state index contributed by atoms with van der Waals surface area (Å²) < 4.78 is 5.72. The zero-order chi connectivity index (χ0) is 13.1. The van der Waals surface area contributed by atoms with E-state index in [1.165, 1.54) is 44.1 Å². The predicted molar refractivity (Wildman–Crippen MR) is 80.0 cm³/mol. The van der Waals surface area contributed by atoms with E-state index in [0.29, 0.717) is 0 Å². The van der Waals surface area contributed by atoms with Crippen molar-refractivity contribution in [1.29, 1.82) is 0 Å². The standard InChI is InChI=1S/C17H26O/c1-3-5-6-7-8-9-15-18-17-13-11-16(10-4-2)12-14-17/h4,10-14H,3,5-9,15H2,1-2H3. The third kappa shape index (κ3) is 6.48. The van der Waals surface area contributed by atoms with Gasteiger partial charge in [0.1, 0.15) is 5.75 Å². The van der Waals surface area contributed by atoms with Crippen LogP contribution in [0.3, 0.4) is 0 Å². The largest absolute Gasteiger partial charge is 0.494 e. The van der Waals surface area contributed by atoms with Crippen LogP contribution in [0.15, 0.2) is 30.3 Å². The summed E-state index contributed by atoms with van der Waals surface area (Å²) in [6, 6.07) is 8.28. The van der Waals surface area contributed by atoms with Gasteiger partial charge in [0, 0.05) is 0 Å². The van der Waals surface area contributed by atoms with Crippen LogP contribution in [-0.4, -0.2) is 6.61 Å². The zero-order valence-corrected chi connectivity index (χ0v) is 11.8. The number of hydrogen-bond acceptors (Lipinski definition) is 1. The molecule has 18 heavy (non-hydrogen) atoms. The van der Waals surface area contributed by atoms with Crippen LogP contribution in [0.1, 0.15) is 57.9 Å². The van der Waals surface area contributed by atoms with Gasteiger partial charge >= 0.3 is 0 Å². The van der Waals surface area contributed by atoms with Gasteiger partial charge in [0.2, 0.25) is 0 Å². The topological polar surface area (TPSA) is 9.23 Å². The van der Waals surface area contributed by atoms with E-state index in [4.69, 9.17) is 4.74 Å². The lowest BCUT2D eigenvalue weighted by Crippen LogP contribution is -1.97. The second-order valence-electron chi connectivity index (χ2n) is 4.69. The van der Waals surface area contributed by atoms with E-state index in [-0.39, 0.29) is 0 Å². The first-order valence-corrected chi connectivity index (χ1v) is 7.22. The molecule has 0 saturated heterocycles. The molecule has 0 unspecified atom stereocenters. The molecule has 0 aliphatic carbocycles. The minimum atomic E-state index is 0.842. The highest BCUT2D eigenvalue weighted by Gasteiger charge is 1.94. The molecule has 0 bridgehead atoms. The maximum absolute atomic E-state index is 5.72. The normalized spacial score (nSPS) is 11.0. The molecular weight excluding hydrogens is 220 g/mol. The third-order valence-electron chi connectivity index (χ3n) is 3.01. The molecule has 0 N–H and O–H groups in total. The summed E-state index contributed by atoms with van der Waals surface area (Å²) in [5.74, 6) is 0.983. The van der Waals surface area contributed by atoms with Gasteiger partial charge in [0.25, 0.3) is 0 Å². The summed E-state index contributed by atoms with van der Waals surface area (Å²) in [6.07, 6.45) is 12.0. The molecule has 0 radical (unpaired) electrons. The van der Waals surface area contributed by atoms with Crippen molar-refractivity contribution < 1.29 is 4.74 Å². The highest BCUT2D eigenvalue weighted by molar-refractivity contribution is 5.50. The van der Waals surface area contributed by atoms with E-state index in [1.54, 1.807) is 0 Å². The van der Waals surface area contributed by atoms with Crippen molar-refractivity contribution in [2.45, 2.75) is 52.4 Å². The Morgan fingerprint density at radius 2 is 1.61 bits per heavy atom. The SMILES string of the molecule is CC=Cc1ccc(OCCCCCCCC)cc1. The Morgan fingerprint density at radius 1 is 0.944 bits per heavy atom. The molecule has 0 amide bonds. The molecule has 0 fully saturated rings. The number of benzene rings is 1. The molecule has 100 valence electrons. The van der Waals surface area contributed by atoms with Crippen LogP contribution in [-0.2, 0) is 0 Å². The predicted octanol–water partition coefficient (Wildman–Crippen LogP) is 5.46. The second kappa shape index (κ2) is 9.76. The van der Waals surface area contributed by atoms with E-state index in [0.717, 1.165) is 12.4 Å². The highest BCUT2D eigenvalue weighted by Crippen LogP contribution is 2.14. The number of allylic oxidation sites excluding steroid dienone is 1. The van der Waals surface area contributed by atoms with Crippen molar-refractivity contribution in [3.63, 3.8) is 0 Å². The summed E-state index contributed by atoms with van der Waals surface area (Å²) in [6.45, 7) is 5.12. The van der Waals surface area contributed by atoms with Gasteiger partial charge in [-0.05, 0) is 31.0 Å². The van der Waals surface area contributed by atoms with Crippen molar-refractivity contribution in [3.8, 4) is 5.75 Å². The molecule has 0 aromatic heterocycles. The Kier molecular flexibility index (Phi) is 8.03. The van der Waals surface area contributed by atoms with Crippen molar-refractivity contribution in [2.24, 2.45) is 0 Å². The first-order chi connectivity index (χ1) is 8.86. The molecule has 0 aliphatic heterocycles. The van der Waals surface area contributed by atoms with Gasteiger partial charge < -0.3 is 4.74 Å². The lowest BCUT2D eigenvalue weighted by Gasteiger charge is -2.06. The van der Waals surface area contributed by atoms with Crippen molar-refractivity contribution in [3.05, 3.63) is 35.9 Å².